The van der Waals surface area contributed by atoms with Crippen LogP contribution in [0.2, 0.25) is 0 Å². The fourth-order valence-electron chi connectivity index (χ4n) is 7.10. The summed E-state index contributed by atoms with van der Waals surface area (Å²) >= 11 is 0. The molecule has 2 aliphatic rings. The number of hydrogen-bond donors (Lipinski definition) is 0. The summed E-state index contributed by atoms with van der Waals surface area (Å²) < 4.78 is 2.74. The summed E-state index contributed by atoms with van der Waals surface area (Å²) in [5.74, 6) is 0. The predicted octanol–water partition coefficient (Wildman–Crippen LogP) is 9.94. The second kappa shape index (κ2) is 11.3. The van der Waals surface area contributed by atoms with Gasteiger partial charge in [0.1, 0.15) is 5.69 Å². The van der Waals surface area contributed by atoms with E-state index in [9.17, 15) is 0 Å². The normalized spacial score (nSPS) is 19.8. The van der Waals surface area contributed by atoms with Crippen molar-refractivity contribution < 1.29 is 4.58 Å². The van der Waals surface area contributed by atoms with Crippen molar-refractivity contribution in [3.8, 4) is 11.1 Å². The highest BCUT2D eigenvalue weighted by Crippen LogP contribution is 2.47. The van der Waals surface area contributed by atoms with Gasteiger partial charge in [0.2, 0.25) is 6.34 Å². The van der Waals surface area contributed by atoms with Gasteiger partial charge in [0, 0.05) is 16.7 Å². The van der Waals surface area contributed by atoms with Gasteiger partial charge in [0.25, 0.3) is 0 Å². The molecular weight excluding hydrogens is 496 g/mol. The highest BCUT2D eigenvalue weighted by atomic mass is 15.3. The molecule has 2 heteroatoms. The van der Waals surface area contributed by atoms with Crippen molar-refractivity contribution in [2.45, 2.75) is 90.3 Å². The van der Waals surface area contributed by atoms with Crippen LogP contribution in [0.1, 0.15) is 92.8 Å². The maximum absolute atomic E-state index is 2.74. The third-order valence-corrected chi connectivity index (χ3v) is 9.13. The fraction of sp³-hybridized carbons (Fsp3) is 0.359. The monoisotopic (exact) mass is 541 g/mol. The smallest absolute Gasteiger partial charge is 0.240 e. The van der Waals surface area contributed by atoms with E-state index < -0.39 is 0 Å². The summed E-state index contributed by atoms with van der Waals surface area (Å²) in [6.45, 7) is 11.4. The van der Waals surface area contributed by atoms with Gasteiger partial charge in [-0.25, -0.2) is 4.90 Å². The van der Waals surface area contributed by atoms with Crippen molar-refractivity contribution in [3.63, 3.8) is 0 Å². The molecule has 4 aromatic carbocycles. The molecule has 0 radical (unpaired) electrons. The lowest BCUT2D eigenvalue weighted by atomic mass is 9.84. The quantitative estimate of drug-likeness (QED) is 0.228. The van der Waals surface area contributed by atoms with E-state index in [1.807, 2.05) is 0 Å². The Morgan fingerprint density at radius 2 is 1.29 bits per heavy atom. The minimum absolute atomic E-state index is 0.0552. The van der Waals surface area contributed by atoms with Crippen LogP contribution in [0.5, 0.6) is 0 Å². The van der Waals surface area contributed by atoms with E-state index in [0.717, 1.165) is 0 Å². The Hall–Kier alpha value is -3.65. The molecule has 0 bridgehead atoms. The molecule has 0 saturated heterocycles. The number of anilines is 1. The van der Waals surface area contributed by atoms with Gasteiger partial charge in [0.05, 0.1) is 6.04 Å². The largest absolute Gasteiger partial charge is 0.254 e. The Balaban J connectivity index is 1.61. The molecule has 1 aliphatic heterocycles. The summed E-state index contributed by atoms with van der Waals surface area (Å²) in [6.07, 6.45) is 9.03. The van der Waals surface area contributed by atoms with E-state index in [4.69, 9.17) is 0 Å². The summed E-state index contributed by atoms with van der Waals surface area (Å²) in [5, 5.41) is 0. The lowest BCUT2D eigenvalue weighted by Crippen LogP contribution is -2.31. The number of aryl methyl sites for hydroxylation is 2. The van der Waals surface area contributed by atoms with Crippen LogP contribution in [-0.4, -0.2) is 17.0 Å². The van der Waals surface area contributed by atoms with Crippen molar-refractivity contribution in [2.24, 2.45) is 0 Å². The second-order valence-electron chi connectivity index (χ2n) is 13.3. The van der Waals surface area contributed by atoms with Crippen molar-refractivity contribution in [1.29, 1.82) is 0 Å². The van der Waals surface area contributed by atoms with Crippen molar-refractivity contribution in [1.82, 2.24) is 0 Å². The summed E-state index contributed by atoms with van der Waals surface area (Å²) in [6, 6.07) is 37.6. The number of rotatable bonds is 5. The van der Waals surface area contributed by atoms with Crippen molar-refractivity contribution >= 4 is 12.0 Å². The number of hydrogen-bond acceptors (Lipinski definition) is 1. The molecule has 1 saturated carbocycles. The highest BCUT2D eigenvalue weighted by Gasteiger charge is 2.48. The molecule has 6 rings (SSSR count). The fourth-order valence-corrected chi connectivity index (χ4v) is 7.10. The van der Waals surface area contributed by atoms with Gasteiger partial charge < -0.3 is 0 Å². The Morgan fingerprint density at radius 1 is 0.683 bits per heavy atom. The predicted molar refractivity (Wildman–Crippen MR) is 174 cm³/mol. The highest BCUT2D eigenvalue weighted by molar-refractivity contribution is 5.90. The molecule has 2 nitrogen and oxygen atoms in total. The summed E-state index contributed by atoms with van der Waals surface area (Å²) in [4.78, 5) is 2.63. The van der Waals surface area contributed by atoms with Crippen molar-refractivity contribution in [3.05, 3.63) is 125 Å². The number of benzene rings is 4. The zero-order chi connectivity index (χ0) is 28.6. The Labute approximate surface area is 247 Å². The standard InChI is InChI=1S/C39H45N2/c1-28-23-29(2)25-32(24-28)35-22-21-33(39(3,4)5)26-36(35)41-27-40(34-19-13-8-14-20-34)37(30-15-9-6-10-16-30)38(41)31-17-11-7-12-18-31/h6-7,9-12,15-18,21-27,34,37-38H,8,13-14,19-20H2,1-5H3/q+1/t37-,38-/m0/s1. The first kappa shape index (κ1) is 27.5. The first-order chi connectivity index (χ1) is 19.8. The molecule has 4 aromatic rings. The van der Waals surface area contributed by atoms with E-state index in [2.05, 4.69) is 147 Å². The van der Waals surface area contributed by atoms with Gasteiger partial charge in [0.15, 0.2) is 12.1 Å². The molecule has 1 fully saturated rings. The van der Waals surface area contributed by atoms with Crippen LogP contribution in [0.25, 0.3) is 11.1 Å². The van der Waals surface area contributed by atoms with E-state index in [0.29, 0.717) is 6.04 Å². The molecule has 210 valence electrons. The van der Waals surface area contributed by atoms with E-state index in [-0.39, 0.29) is 17.5 Å². The van der Waals surface area contributed by atoms with Crippen LogP contribution in [0, 0.1) is 13.8 Å². The molecule has 0 aromatic heterocycles. The van der Waals surface area contributed by atoms with Crippen LogP contribution in [0.15, 0.2) is 97.1 Å². The molecule has 0 amide bonds. The SMILES string of the molecule is Cc1cc(C)cc(-c2ccc(C(C)(C)C)cc2N2C=[N+](C3CCCCC3)[C@@H](c3ccccc3)[C@@H]2c2ccccc2)c1. The van der Waals surface area contributed by atoms with Crippen LogP contribution in [0.3, 0.4) is 0 Å². The van der Waals surface area contributed by atoms with Gasteiger partial charge in [-0.05, 0) is 68.2 Å². The maximum atomic E-state index is 2.74. The molecular formula is C39H45N2+. The Bertz CT molecular complexity index is 1500. The lowest BCUT2D eigenvalue weighted by Gasteiger charge is -2.29. The van der Waals surface area contributed by atoms with E-state index in [1.54, 1.807) is 0 Å². The van der Waals surface area contributed by atoms with Gasteiger partial charge in [-0.3, -0.25) is 4.58 Å². The first-order valence-electron chi connectivity index (χ1n) is 15.5. The summed E-state index contributed by atoms with van der Waals surface area (Å²) in [7, 11) is 0. The molecule has 0 spiro atoms. The minimum atomic E-state index is 0.0552. The van der Waals surface area contributed by atoms with Gasteiger partial charge in [-0.2, -0.15) is 0 Å². The molecule has 1 heterocycles. The van der Waals surface area contributed by atoms with Crippen LogP contribution >= 0.6 is 0 Å². The Morgan fingerprint density at radius 3 is 1.90 bits per heavy atom. The third kappa shape index (κ3) is 5.62. The van der Waals surface area contributed by atoms with E-state index >= 15 is 0 Å². The molecule has 1 aliphatic carbocycles. The average Bonchev–Trinajstić information content (AvgIpc) is 3.38. The zero-order valence-corrected chi connectivity index (χ0v) is 25.5. The molecule has 0 unspecified atom stereocenters. The van der Waals surface area contributed by atoms with Gasteiger partial charge >= 0.3 is 0 Å². The first-order valence-corrected chi connectivity index (χ1v) is 15.5. The van der Waals surface area contributed by atoms with Crippen LogP contribution in [0.4, 0.5) is 5.69 Å². The van der Waals surface area contributed by atoms with Gasteiger partial charge in [-0.1, -0.05) is 123 Å². The average molecular weight is 542 g/mol. The van der Waals surface area contributed by atoms with Crippen molar-refractivity contribution in [2.75, 3.05) is 4.90 Å². The molecule has 41 heavy (non-hydrogen) atoms. The maximum Gasteiger partial charge on any atom is 0.240 e. The third-order valence-electron chi connectivity index (χ3n) is 9.13. The second-order valence-corrected chi connectivity index (χ2v) is 13.3. The topological polar surface area (TPSA) is 6.25 Å². The minimum Gasteiger partial charge on any atom is -0.254 e. The van der Waals surface area contributed by atoms with E-state index in [1.165, 1.54) is 76.7 Å². The van der Waals surface area contributed by atoms with Crippen LogP contribution < -0.4 is 4.90 Å². The molecule has 0 N–H and O–H groups in total. The van der Waals surface area contributed by atoms with Crippen LogP contribution in [-0.2, 0) is 5.41 Å². The summed E-state index contributed by atoms with van der Waals surface area (Å²) in [5.41, 5.74) is 10.7. The number of nitrogens with zero attached hydrogens (tertiary/aromatic N) is 2. The zero-order valence-electron chi connectivity index (χ0n) is 25.5. The van der Waals surface area contributed by atoms with Gasteiger partial charge in [-0.15, -0.1) is 0 Å². The molecule has 2 atom stereocenters. The lowest BCUT2D eigenvalue weighted by molar-refractivity contribution is -0.602. The Kier molecular flexibility index (Phi) is 7.60.